The van der Waals surface area contributed by atoms with E-state index in [-0.39, 0.29) is 5.54 Å². The van der Waals surface area contributed by atoms with Crippen LogP contribution in [0.5, 0.6) is 0 Å². The summed E-state index contributed by atoms with van der Waals surface area (Å²) in [5.74, 6) is 0.868. The summed E-state index contributed by atoms with van der Waals surface area (Å²) in [4.78, 5) is 2.51. The average molecular weight is 266 g/mol. The summed E-state index contributed by atoms with van der Waals surface area (Å²) >= 11 is 1.78. The van der Waals surface area contributed by atoms with Crippen LogP contribution in [0.1, 0.15) is 44.6 Å². The minimum absolute atomic E-state index is 0.237. The molecule has 0 aliphatic heterocycles. The van der Waals surface area contributed by atoms with Crippen molar-refractivity contribution in [1.82, 2.24) is 4.90 Å². The topological polar surface area (TPSA) is 29.3 Å². The molecule has 1 fully saturated rings. The van der Waals surface area contributed by atoms with E-state index in [1.807, 2.05) is 0 Å². The zero-order valence-corrected chi connectivity index (χ0v) is 12.5. The van der Waals surface area contributed by atoms with Crippen LogP contribution in [0.15, 0.2) is 16.8 Å². The van der Waals surface area contributed by atoms with Gasteiger partial charge >= 0.3 is 0 Å². The molecule has 0 spiro atoms. The number of nitrogens with two attached hydrogens (primary N) is 1. The van der Waals surface area contributed by atoms with E-state index >= 15 is 0 Å². The van der Waals surface area contributed by atoms with Gasteiger partial charge in [-0.15, -0.1) is 0 Å². The van der Waals surface area contributed by atoms with Gasteiger partial charge in [0.1, 0.15) is 0 Å². The first kappa shape index (κ1) is 14.0. The van der Waals surface area contributed by atoms with Gasteiger partial charge in [0.15, 0.2) is 0 Å². The summed E-state index contributed by atoms with van der Waals surface area (Å²) in [5.41, 5.74) is 7.81. The van der Waals surface area contributed by atoms with E-state index in [4.69, 9.17) is 5.73 Å². The second kappa shape index (κ2) is 6.18. The molecule has 102 valence electrons. The largest absolute Gasteiger partial charge is 0.329 e. The van der Waals surface area contributed by atoms with Crippen molar-refractivity contribution in [3.63, 3.8) is 0 Å². The van der Waals surface area contributed by atoms with Gasteiger partial charge in [-0.3, -0.25) is 4.90 Å². The molecule has 2 nitrogen and oxygen atoms in total. The maximum atomic E-state index is 6.15. The van der Waals surface area contributed by atoms with Gasteiger partial charge in [0.2, 0.25) is 0 Å². The quantitative estimate of drug-likeness (QED) is 0.884. The van der Waals surface area contributed by atoms with Crippen molar-refractivity contribution in [2.45, 2.75) is 51.1 Å². The molecule has 1 aromatic rings. The van der Waals surface area contributed by atoms with Gasteiger partial charge in [-0.05, 0) is 48.2 Å². The molecule has 2 rings (SSSR count). The van der Waals surface area contributed by atoms with Crippen molar-refractivity contribution in [1.29, 1.82) is 0 Å². The van der Waals surface area contributed by atoms with E-state index in [1.54, 1.807) is 11.3 Å². The third kappa shape index (κ3) is 2.95. The lowest BCUT2D eigenvalue weighted by Crippen LogP contribution is -2.54. The lowest BCUT2D eigenvalue weighted by Gasteiger charge is -2.46. The standard InChI is InChI=1S/C15H26N2S/c1-3-13-5-4-7-15(9-13,12-16)17(2)10-14-6-8-18-11-14/h6,8,11,13H,3-5,7,9-10,12,16H2,1-2H3. The zero-order valence-electron chi connectivity index (χ0n) is 11.7. The Morgan fingerprint density at radius 1 is 1.56 bits per heavy atom. The van der Waals surface area contributed by atoms with Gasteiger partial charge in [0, 0.05) is 18.6 Å². The summed E-state index contributed by atoms with van der Waals surface area (Å²) in [6.07, 6.45) is 6.57. The molecule has 3 heteroatoms. The van der Waals surface area contributed by atoms with Crippen LogP contribution in [-0.4, -0.2) is 24.0 Å². The van der Waals surface area contributed by atoms with Crippen LogP contribution in [0.3, 0.4) is 0 Å². The van der Waals surface area contributed by atoms with Crippen molar-refractivity contribution in [3.8, 4) is 0 Å². The van der Waals surface area contributed by atoms with Crippen LogP contribution < -0.4 is 5.73 Å². The monoisotopic (exact) mass is 266 g/mol. The predicted molar refractivity (Wildman–Crippen MR) is 79.8 cm³/mol. The Hall–Kier alpha value is -0.380. The van der Waals surface area contributed by atoms with Crippen molar-refractivity contribution in [2.24, 2.45) is 11.7 Å². The van der Waals surface area contributed by atoms with Crippen LogP contribution in [0.2, 0.25) is 0 Å². The van der Waals surface area contributed by atoms with Crippen molar-refractivity contribution in [2.75, 3.05) is 13.6 Å². The van der Waals surface area contributed by atoms with Crippen LogP contribution >= 0.6 is 11.3 Å². The molecule has 2 unspecified atom stereocenters. The number of rotatable bonds is 5. The van der Waals surface area contributed by atoms with E-state index < -0.39 is 0 Å². The van der Waals surface area contributed by atoms with Gasteiger partial charge in [-0.2, -0.15) is 11.3 Å². The highest BCUT2D eigenvalue weighted by Gasteiger charge is 2.37. The fraction of sp³-hybridized carbons (Fsp3) is 0.733. The third-order valence-corrected chi connectivity index (χ3v) is 5.42. The number of thiophene rings is 1. The molecule has 2 N–H and O–H groups in total. The Labute approximate surface area is 115 Å². The molecule has 1 aromatic heterocycles. The Kier molecular flexibility index (Phi) is 4.82. The first-order valence-corrected chi connectivity index (χ1v) is 8.07. The highest BCUT2D eigenvalue weighted by atomic mass is 32.1. The minimum Gasteiger partial charge on any atom is -0.329 e. The van der Waals surface area contributed by atoms with Gasteiger partial charge in [-0.1, -0.05) is 26.2 Å². The lowest BCUT2D eigenvalue weighted by atomic mass is 9.73. The Balaban J connectivity index is 2.05. The average Bonchev–Trinajstić information content (AvgIpc) is 2.91. The summed E-state index contributed by atoms with van der Waals surface area (Å²) < 4.78 is 0. The van der Waals surface area contributed by atoms with Crippen LogP contribution in [0, 0.1) is 5.92 Å². The molecule has 0 radical (unpaired) electrons. The summed E-state index contributed by atoms with van der Waals surface area (Å²) in [6, 6.07) is 2.23. The van der Waals surface area contributed by atoms with Crippen LogP contribution in [0.4, 0.5) is 0 Å². The van der Waals surface area contributed by atoms with Gasteiger partial charge < -0.3 is 5.73 Å². The second-order valence-electron chi connectivity index (χ2n) is 5.79. The van der Waals surface area contributed by atoms with E-state index in [0.717, 1.165) is 19.0 Å². The maximum absolute atomic E-state index is 6.15. The third-order valence-electron chi connectivity index (χ3n) is 4.69. The second-order valence-corrected chi connectivity index (χ2v) is 6.57. The first-order valence-electron chi connectivity index (χ1n) is 7.12. The van der Waals surface area contributed by atoms with Crippen molar-refractivity contribution in [3.05, 3.63) is 22.4 Å². The van der Waals surface area contributed by atoms with E-state index in [0.29, 0.717) is 0 Å². The normalized spacial score (nSPS) is 28.8. The SMILES string of the molecule is CCC1CCCC(CN)(N(C)Cc2ccsc2)C1. The number of nitrogens with zero attached hydrogens (tertiary/aromatic N) is 1. The molecular formula is C15H26N2S. The molecule has 1 saturated carbocycles. The molecule has 18 heavy (non-hydrogen) atoms. The maximum Gasteiger partial charge on any atom is 0.0334 e. The minimum atomic E-state index is 0.237. The van der Waals surface area contributed by atoms with Gasteiger partial charge in [-0.25, -0.2) is 0 Å². The van der Waals surface area contributed by atoms with Gasteiger partial charge in [0.05, 0.1) is 0 Å². The molecule has 0 amide bonds. The van der Waals surface area contributed by atoms with Crippen molar-refractivity contribution >= 4 is 11.3 Å². The number of likely N-dealkylation sites (N-methyl/N-ethyl adjacent to an activating group) is 1. The molecule has 1 aliphatic carbocycles. The highest BCUT2D eigenvalue weighted by molar-refractivity contribution is 7.07. The van der Waals surface area contributed by atoms with Crippen LogP contribution in [-0.2, 0) is 6.54 Å². The number of hydrogen-bond acceptors (Lipinski definition) is 3. The molecule has 1 aliphatic rings. The highest BCUT2D eigenvalue weighted by Crippen LogP contribution is 2.37. The van der Waals surface area contributed by atoms with Gasteiger partial charge in [0.25, 0.3) is 0 Å². The first-order chi connectivity index (χ1) is 8.70. The van der Waals surface area contributed by atoms with Crippen LogP contribution in [0.25, 0.3) is 0 Å². The fourth-order valence-electron chi connectivity index (χ4n) is 3.32. The molecule has 0 saturated heterocycles. The Morgan fingerprint density at radius 3 is 3.00 bits per heavy atom. The van der Waals surface area contributed by atoms with E-state index in [9.17, 15) is 0 Å². The summed E-state index contributed by atoms with van der Waals surface area (Å²) in [5, 5.41) is 4.41. The molecular weight excluding hydrogens is 240 g/mol. The smallest absolute Gasteiger partial charge is 0.0334 e. The summed E-state index contributed by atoms with van der Waals surface area (Å²) in [6.45, 7) is 4.15. The molecule has 0 aromatic carbocycles. The molecule has 2 atom stereocenters. The van der Waals surface area contributed by atoms with Crippen molar-refractivity contribution < 1.29 is 0 Å². The molecule has 0 bridgehead atoms. The summed E-state index contributed by atoms with van der Waals surface area (Å²) in [7, 11) is 2.25. The lowest BCUT2D eigenvalue weighted by molar-refractivity contribution is 0.0505. The van der Waals surface area contributed by atoms with E-state index in [1.165, 1.54) is 37.7 Å². The van der Waals surface area contributed by atoms with E-state index in [2.05, 4.69) is 35.7 Å². The zero-order chi connectivity index (χ0) is 13.0. The Bertz CT molecular complexity index is 349. The number of hydrogen-bond donors (Lipinski definition) is 1. The predicted octanol–water partition coefficient (Wildman–Crippen LogP) is 3.48. The Morgan fingerprint density at radius 2 is 2.39 bits per heavy atom. The molecule has 1 heterocycles. The fourth-order valence-corrected chi connectivity index (χ4v) is 3.98.